The second-order valence-corrected chi connectivity index (χ2v) is 6.87. The van der Waals surface area contributed by atoms with E-state index in [2.05, 4.69) is 9.80 Å². The van der Waals surface area contributed by atoms with E-state index in [0.717, 1.165) is 44.7 Å². The van der Waals surface area contributed by atoms with Gasteiger partial charge in [-0.05, 0) is 31.0 Å². The first-order valence-corrected chi connectivity index (χ1v) is 8.94. The molecule has 5 heteroatoms. The Morgan fingerprint density at radius 2 is 1.83 bits per heavy atom. The summed E-state index contributed by atoms with van der Waals surface area (Å²) < 4.78 is 5.20. The molecule has 1 amide bonds. The van der Waals surface area contributed by atoms with Crippen LogP contribution >= 0.6 is 11.6 Å². The van der Waals surface area contributed by atoms with Crippen LogP contribution in [0.4, 0.5) is 5.69 Å². The van der Waals surface area contributed by atoms with Gasteiger partial charge >= 0.3 is 0 Å². The number of amides is 1. The number of hydrogen-bond donors (Lipinski definition) is 0. The molecule has 0 aromatic heterocycles. The number of rotatable bonds is 3. The number of carbonyl (C=O) groups excluding carboxylic acids is 1. The van der Waals surface area contributed by atoms with Gasteiger partial charge in [-0.3, -0.25) is 4.79 Å². The number of piperazine rings is 1. The van der Waals surface area contributed by atoms with Gasteiger partial charge in [-0.1, -0.05) is 30.9 Å². The van der Waals surface area contributed by atoms with Crippen molar-refractivity contribution in [3.8, 4) is 5.75 Å². The van der Waals surface area contributed by atoms with Crippen molar-refractivity contribution >= 4 is 23.2 Å². The highest BCUT2D eigenvalue weighted by Crippen LogP contribution is 2.30. The van der Waals surface area contributed by atoms with Crippen LogP contribution in [0.25, 0.3) is 0 Å². The number of carbonyl (C=O) groups is 1. The molecule has 1 saturated heterocycles. The number of nitrogens with zero attached hydrogens (tertiary/aromatic N) is 2. The van der Waals surface area contributed by atoms with Crippen LogP contribution in [0.3, 0.4) is 0 Å². The summed E-state index contributed by atoms with van der Waals surface area (Å²) in [7, 11) is 1.62. The maximum atomic E-state index is 12.6. The van der Waals surface area contributed by atoms with Crippen molar-refractivity contribution < 1.29 is 9.53 Å². The van der Waals surface area contributed by atoms with E-state index in [1.807, 2.05) is 18.2 Å². The highest BCUT2D eigenvalue weighted by Gasteiger charge is 2.28. The molecule has 126 valence electrons. The third-order valence-electron chi connectivity index (χ3n) is 5.05. The molecular weight excluding hydrogens is 312 g/mol. The van der Waals surface area contributed by atoms with Crippen LogP contribution in [0.5, 0.6) is 5.75 Å². The van der Waals surface area contributed by atoms with Crippen LogP contribution in [0, 0.1) is 5.92 Å². The Kier molecular flexibility index (Phi) is 5.31. The molecule has 1 heterocycles. The van der Waals surface area contributed by atoms with Crippen molar-refractivity contribution in [2.45, 2.75) is 32.1 Å². The van der Waals surface area contributed by atoms with Gasteiger partial charge in [-0.15, -0.1) is 0 Å². The Labute approximate surface area is 143 Å². The first-order valence-electron chi connectivity index (χ1n) is 8.56. The number of hydrogen-bond acceptors (Lipinski definition) is 3. The van der Waals surface area contributed by atoms with E-state index in [1.165, 1.54) is 19.3 Å². The first-order chi connectivity index (χ1) is 11.2. The molecule has 23 heavy (non-hydrogen) atoms. The fraction of sp³-hybridized carbons (Fsp3) is 0.611. The molecule has 0 unspecified atom stereocenters. The van der Waals surface area contributed by atoms with Gasteiger partial charge in [0.15, 0.2) is 0 Å². The van der Waals surface area contributed by atoms with Gasteiger partial charge in [-0.2, -0.15) is 0 Å². The lowest BCUT2D eigenvalue weighted by atomic mass is 9.88. The number of methoxy groups -OCH3 is 1. The van der Waals surface area contributed by atoms with Gasteiger partial charge in [0.25, 0.3) is 0 Å². The predicted molar refractivity (Wildman–Crippen MR) is 93.4 cm³/mol. The minimum Gasteiger partial charge on any atom is -0.495 e. The van der Waals surface area contributed by atoms with E-state index in [1.54, 1.807) is 7.11 Å². The molecule has 3 rings (SSSR count). The summed E-state index contributed by atoms with van der Waals surface area (Å²) in [4.78, 5) is 16.9. The van der Waals surface area contributed by atoms with Crippen molar-refractivity contribution in [1.29, 1.82) is 0 Å². The molecule has 0 spiro atoms. The number of benzene rings is 1. The van der Waals surface area contributed by atoms with Crippen LogP contribution in [-0.4, -0.2) is 44.1 Å². The summed E-state index contributed by atoms with van der Waals surface area (Å²) in [6.45, 7) is 3.33. The van der Waals surface area contributed by atoms with Crippen molar-refractivity contribution in [2.24, 2.45) is 5.92 Å². The van der Waals surface area contributed by atoms with Crippen LogP contribution in [-0.2, 0) is 4.79 Å². The molecule has 1 aliphatic heterocycles. The van der Waals surface area contributed by atoms with Crippen molar-refractivity contribution in [2.75, 3.05) is 38.2 Å². The Hall–Kier alpha value is -1.42. The van der Waals surface area contributed by atoms with Crippen LogP contribution in [0.15, 0.2) is 18.2 Å². The SMILES string of the molecule is COc1ccc(N2CCN(C(=O)C3CCCCC3)CC2)cc1Cl. The zero-order valence-electron chi connectivity index (χ0n) is 13.8. The fourth-order valence-electron chi connectivity index (χ4n) is 3.64. The predicted octanol–water partition coefficient (Wildman–Crippen LogP) is 3.58. The summed E-state index contributed by atoms with van der Waals surface area (Å²) in [5, 5.41) is 0.630. The molecular formula is C18H25ClN2O2. The zero-order chi connectivity index (χ0) is 16.2. The van der Waals surface area contributed by atoms with Gasteiger partial charge in [-0.25, -0.2) is 0 Å². The van der Waals surface area contributed by atoms with Crippen molar-refractivity contribution in [3.05, 3.63) is 23.2 Å². The topological polar surface area (TPSA) is 32.8 Å². The van der Waals surface area contributed by atoms with E-state index in [-0.39, 0.29) is 5.92 Å². The largest absolute Gasteiger partial charge is 0.495 e. The maximum absolute atomic E-state index is 12.6. The lowest BCUT2D eigenvalue weighted by Crippen LogP contribution is -2.50. The molecule has 0 radical (unpaired) electrons. The smallest absolute Gasteiger partial charge is 0.225 e. The maximum Gasteiger partial charge on any atom is 0.225 e. The van der Waals surface area contributed by atoms with Crippen molar-refractivity contribution in [3.63, 3.8) is 0 Å². The minimum absolute atomic E-state index is 0.269. The summed E-state index contributed by atoms with van der Waals surface area (Å²) in [6, 6.07) is 5.87. The van der Waals surface area contributed by atoms with Gasteiger partial charge < -0.3 is 14.5 Å². The average Bonchev–Trinajstić information content (AvgIpc) is 2.62. The number of anilines is 1. The third kappa shape index (κ3) is 3.74. The number of halogens is 1. The summed E-state index contributed by atoms with van der Waals surface area (Å²) in [5.41, 5.74) is 1.10. The second-order valence-electron chi connectivity index (χ2n) is 6.47. The van der Waals surface area contributed by atoms with Gasteiger partial charge in [0.05, 0.1) is 12.1 Å². The lowest BCUT2D eigenvalue weighted by Gasteiger charge is -2.38. The van der Waals surface area contributed by atoms with E-state index >= 15 is 0 Å². The Morgan fingerprint density at radius 1 is 1.13 bits per heavy atom. The molecule has 1 aromatic carbocycles. The normalized spacial score (nSPS) is 19.7. The van der Waals surface area contributed by atoms with Crippen LogP contribution in [0.2, 0.25) is 5.02 Å². The molecule has 0 N–H and O–H groups in total. The summed E-state index contributed by atoms with van der Waals surface area (Å²) >= 11 is 6.21. The molecule has 1 aromatic rings. The number of ether oxygens (including phenoxy) is 1. The molecule has 1 aliphatic carbocycles. The monoisotopic (exact) mass is 336 g/mol. The van der Waals surface area contributed by atoms with Crippen LogP contribution in [0.1, 0.15) is 32.1 Å². The Balaban J connectivity index is 1.57. The molecule has 4 nitrogen and oxygen atoms in total. The standard InChI is InChI=1S/C18H25ClN2O2/c1-23-17-8-7-15(13-16(17)19)20-9-11-21(12-10-20)18(22)14-5-3-2-4-6-14/h7-8,13-14H,2-6,9-12H2,1H3. The van der Waals surface area contributed by atoms with Gasteiger partial charge in [0.2, 0.25) is 5.91 Å². The minimum atomic E-state index is 0.269. The lowest BCUT2D eigenvalue weighted by molar-refractivity contribution is -0.136. The van der Waals surface area contributed by atoms with Crippen LogP contribution < -0.4 is 9.64 Å². The highest BCUT2D eigenvalue weighted by molar-refractivity contribution is 6.32. The average molecular weight is 337 g/mol. The van der Waals surface area contributed by atoms with E-state index in [9.17, 15) is 4.79 Å². The summed E-state index contributed by atoms with van der Waals surface area (Å²) in [6.07, 6.45) is 5.86. The molecule has 1 saturated carbocycles. The van der Waals surface area contributed by atoms with E-state index in [4.69, 9.17) is 16.3 Å². The van der Waals surface area contributed by atoms with E-state index < -0.39 is 0 Å². The van der Waals surface area contributed by atoms with E-state index in [0.29, 0.717) is 16.7 Å². The molecule has 0 atom stereocenters. The Bertz CT molecular complexity index is 550. The fourth-order valence-corrected chi connectivity index (χ4v) is 3.90. The first kappa shape index (κ1) is 16.4. The zero-order valence-corrected chi connectivity index (χ0v) is 14.5. The van der Waals surface area contributed by atoms with Gasteiger partial charge in [0, 0.05) is 37.8 Å². The molecule has 2 fully saturated rings. The summed E-state index contributed by atoms with van der Waals surface area (Å²) in [5.74, 6) is 1.34. The quantitative estimate of drug-likeness (QED) is 0.845. The molecule has 0 bridgehead atoms. The highest BCUT2D eigenvalue weighted by atomic mass is 35.5. The third-order valence-corrected chi connectivity index (χ3v) is 5.34. The van der Waals surface area contributed by atoms with Gasteiger partial charge in [0.1, 0.15) is 5.75 Å². The second kappa shape index (κ2) is 7.43. The molecule has 2 aliphatic rings. The van der Waals surface area contributed by atoms with Crippen molar-refractivity contribution in [1.82, 2.24) is 4.90 Å². The Morgan fingerprint density at radius 3 is 2.43 bits per heavy atom.